The van der Waals surface area contributed by atoms with Crippen molar-refractivity contribution in [3.8, 4) is 0 Å². The van der Waals surface area contributed by atoms with Crippen LogP contribution < -0.4 is 16.4 Å². The number of hydrogen-bond donors (Lipinski definition) is 3. The summed E-state index contributed by atoms with van der Waals surface area (Å²) in [4.78, 5) is 22.6. The van der Waals surface area contributed by atoms with Crippen LogP contribution >= 0.6 is 0 Å². The molecule has 2 atom stereocenters. The van der Waals surface area contributed by atoms with Gasteiger partial charge in [-0.2, -0.15) is 0 Å². The summed E-state index contributed by atoms with van der Waals surface area (Å²) in [6, 6.07) is 7.15. The first-order valence-corrected chi connectivity index (χ1v) is 7.80. The molecule has 1 rings (SSSR count). The van der Waals surface area contributed by atoms with Crippen LogP contribution in [0.2, 0.25) is 0 Å². The molecular weight excluding hydrogens is 278 g/mol. The van der Waals surface area contributed by atoms with E-state index in [0.717, 1.165) is 18.4 Å². The Hall–Kier alpha value is -1.88. The summed E-state index contributed by atoms with van der Waals surface area (Å²) in [7, 11) is 0. The van der Waals surface area contributed by atoms with Crippen molar-refractivity contribution < 1.29 is 9.59 Å². The Balaban J connectivity index is 2.80. The molecule has 4 N–H and O–H groups in total. The molecule has 3 amide bonds. The molecule has 0 heterocycles. The van der Waals surface area contributed by atoms with Crippen LogP contribution in [0.5, 0.6) is 0 Å². The SMILES string of the molecule is CCCc1ccc([C@H](N[C@@H](C)C(=O)NC(N)=O)C(C)C)cc1. The lowest BCUT2D eigenvalue weighted by molar-refractivity contribution is -0.121. The summed E-state index contributed by atoms with van der Waals surface area (Å²) >= 11 is 0. The van der Waals surface area contributed by atoms with Gasteiger partial charge in [-0.25, -0.2) is 4.79 Å². The molecule has 0 saturated carbocycles. The molecule has 5 nitrogen and oxygen atoms in total. The number of carbonyl (C=O) groups excluding carboxylic acids is 2. The summed E-state index contributed by atoms with van der Waals surface area (Å²) in [5, 5.41) is 5.37. The van der Waals surface area contributed by atoms with E-state index in [-0.39, 0.29) is 6.04 Å². The average molecular weight is 305 g/mol. The molecule has 0 aliphatic rings. The van der Waals surface area contributed by atoms with Gasteiger partial charge in [-0.1, -0.05) is 51.5 Å². The molecule has 22 heavy (non-hydrogen) atoms. The van der Waals surface area contributed by atoms with Gasteiger partial charge in [0.25, 0.3) is 0 Å². The van der Waals surface area contributed by atoms with Gasteiger partial charge >= 0.3 is 6.03 Å². The zero-order valence-corrected chi connectivity index (χ0v) is 13.8. The number of carbonyl (C=O) groups is 2. The summed E-state index contributed by atoms with van der Waals surface area (Å²) in [6.45, 7) is 8.07. The van der Waals surface area contributed by atoms with E-state index in [2.05, 4.69) is 55.7 Å². The maximum Gasteiger partial charge on any atom is 0.318 e. The molecule has 5 heteroatoms. The first kappa shape index (κ1) is 18.2. The second kappa shape index (κ2) is 8.54. The highest BCUT2D eigenvalue weighted by Gasteiger charge is 2.22. The topological polar surface area (TPSA) is 84.2 Å². The number of primary amides is 1. The monoisotopic (exact) mass is 305 g/mol. The van der Waals surface area contributed by atoms with Crippen molar-refractivity contribution in [2.45, 2.75) is 52.6 Å². The molecule has 0 aliphatic carbocycles. The van der Waals surface area contributed by atoms with E-state index in [1.165, 1.54) is 5.56 Å². The lowest BCUT2D eigenvalue weighted by Gasteiger charge is -2.26. The zero-order valence-electron chi connectivity index (χ0n) is 13.8. The molecular formula is C17H27N3O2. The maximum absolute atomic E-state index is 11.8. The van der Waals surface area contributed by atoms with E-state index in [9.17, 15) is 9.59 Å². The van der Waals surface area contributed by atoms with Crippen molar-refractivity contribution in [1.82, 2.24) is 10.6 Å². The molecule has 0 saturated heterocycles. The van der Waals surface area contributed by atoms with Gasteiger partial charge in [0.15, 0.2) is 0 Å². The minimum absolute atomic E-state index is 0.0318. The Morgan fingerprint density at radius 3 is 2.18 bits per heavy atom. The number of nitrogens with one attached hydrogen (secondary N) is 2. The zero-order chi connectivity index (χ0) is 16.7. The van der Waals surface area contributed by atoms with Gasteiger partial charge in [0.2, 0.25) is 5.91 Å². The van der Waals surface area contributed by atoms with Crippen molar-refractivity contribution in [2.24, 2.45) is 11.7 Å². The Morgan fingerprint density at radius 1 is 1.14 bits per heavy atom. The first-order chi connectivity index (χ1) is 10.3. The predicted molar refractivity (Wildman–Crippen MR) is 88.3 cm³/mol. The smallest absolute Gasteiger partial charge is 0.318 e. The minimum atomic E-state index is -0.830. The van der Waals surface area contributed by atoms with Crippen LogP contribution in [-0.2, 0) is 11.2 Å². The van der Waals surface area contributed by atoms with E-state index in [1.807, 2.05) is 0 Å². The second-order valence-corrected chi connectivity index (χ2v) is 5.96. The van der Waals surface area contributed by atoms with E-state index in [4.69, 9.17) is 5.73 Å². The van der Waals surface area contributed by atoms with E-state index < -0.39 is 18.0 Å². The Labute approximate surface area is 132 Å². The molecule has 0 unspecified atom stereocenters. The molecule has 0 bridgehead atoms. The van der Waals surface area contributed by atoms with Crippen LogP contribution in [0, 0.1) is 5.92 Å². The van der Waals surface area contributed by atoms with Crippen LogP contribution in [0.3, 0.4) is 0 Å². The molecule has 122 valence electrons. The fourth-order valence-electron chi connectivity index (χ4n) is 2.43. The molecule has 0 radical (unpaired) electrons. The number of nitrogens with two attached hydrogens (primary N) is 1. The fraction of sp³-hybridized carbons (Fsp3) is 0.529. The standard InChI is InChI=1S/C17H27N3O2/c1-5-6-13-7-9-14(10-8-13)15(11(2)3)19-12(4)16(21)20-17(18)22/h7-12,15,19H,5-6H2,1-4H3,(H3,18,20,21,22)/t12-,15+/m0/s1. The Kier molecular flexibility index (Phi) is 7.05. The number of benzene rings is 1. The van der Waals surface area contributed by atoms with Crippen molar-refractivity contribution in [3.05, 3.63) is 35.4 Å². The van der Waals surface area contributed by atoms with Crippen molar-refractivity contribution >= 4 is 11.9 Å². The van der Waals surface area contributed by atoms with Crippen LogP contribution in [0.1, 0.15) is 51.3 Å². The third kappa shape index (κ3) is 5.48. The predicted octanol–water partition coefficient (Wildman–Crippen LogP) is 2.51. The summed E-state index contributed by atoms with van der Waals surface area (Å²) in [6.07, 6.45) is 2.19. The third-order valence-electron chi connectivity index (χ3n) is 3.61. The molecule has 0 spiro atoms. The molecule has 0 aromatic heterocycles. The average Bonchev–Trinajstić information content (AvgIpc) is 2.44. The fourth-order valence-corrected chi connectivity index (χ4v) is 2.43. The normalized spacial score (nSPS) is 13.7. The minimum Gasteiger partial charge on any atom is -0.351 e. The highest BCUT2D eigenvalue weighted by Crippen LogP contribution is 2.23. The van der Waals surface area contributed by atoms with E-state index in [0.29, 0.717) is 5.92 Å². The van der Waals surface area contributed by atoms with Gasteiger partial charge in [0, 0.05) is 6.04 Å². The van der Waals surface area contributed by atoms with Crippen molar-refractivity contribution in [2.75, 3.05) is 0 Å². The maximum atomic E-state index is 11.8. The largest absolute Gasteiger partial charge is 0.351 e. The molecule has 0 aliphatic heterocycles. The molecule has 1 aromatic rings. The number of amides is 3. The number of urea groups is 1. The van der Waals surface area contributed by atoms with Crippen molar-refractivity contribution in [3.63, 3.8) is 0 Å². The highest BCUT2D eigenvalue weighted by atomic mass is 16.2. The summed E-state index contributed by atoms with van der Waals surface area (Å²) in [5.41, 5.74) is 7.43. The van der Waals surface area contributed by atoms with Gasteiger partial charge < -0.3 is 5.73 Å². The van der Waals surface area contributed by atoms with Crippen LogP contribution in [-0.4, -0.2) is 18.0 Å². The number of aryl methyl sites for hydroxylation is 1. The number of rotatable bonds is 7. The third-order valence-corrected chi connectivity index (χ3v) is 3.61. The number of imide groups is 1. The van der Waals surface area contributed by atoms with Gasteiger partial charge in [0.05, 0.1) is 6.04 Å². The van der Waals surface area contributed by atoms with Gasteiger partial charge in [0.1, 0.15) is 0 Å². The molecule has 1 aromatic carbocycles. The summed E-state index contributed by atoms with van der Waals surface area (Å²) < 4.78 is 0. The van der Waals surface area contributed by atoms with Crippen LogP contribution in [0.4, 0.5) is 4.79 Å². The number of hydrogen-bond acceptors (Lipinski definition) is 3. The lowest BCUT2D eigenvalue weighted by Crippen LogP contribution is -2.48. The van der Waals surface area contributed by atoms with Crippen molar-refractivity contribution in [1.29, 1.82) is 0 Å². The van der Waals surface area contributed by atoms with Gasteiger partial charge in [-0.05, 0) is 30.4 Å². The van der Waals surface area contributed by atoms with Gasteiger partial charge in [-0.3, -0.25) is 15.4 Å². The van der Waals surface area contributed by atoms with Gasteiger partial charge in [-0.15, -0.1) is 0 Å². The van der Waals surface area contributed by atoms with E-state index in [1.54, 1.807) is 6.92 Å². The second-order valence-electron chi connectivity index (χ2n) is 5.96. The van der Waals surface area contributed by atoms with E-state index >= 15 is 0 Å². The van der Waals surface area contributed by atoms with Crippen LogP contribution in [0.15, 0.2) is 24.3 Å². The molecule has 0 fully saturated rings. The summed E-state index contributed by atoms with van der Waals surface area (Å²) in [5.74, 6) is -0.110. The quantitative estimate of drug-likeness (QED) is 0.723. The van der Waals surface area contributed by atoms with Crippen LogP contribution in [0.25, 0.3) is 0 Å². The lowest BCUT2D eigenvalue weighted by atomic mass is 9.94. The Morgan fingerprint density at radius 2 is 1.73 bits per heavy atom. The highest BCUT2D eigenvalue weighted by molar-refractivity contribution is 5.96. The Bertz CT molecular complexity index is 497. The first-order valence-electron chi connectivity index (χ1n) is 7.80.